The van der Waals surface area contributed by atoms with Crippen molar-refractivity contribution in [3.05, 3.63) is 69.5 Å². The summed E-state index contributed by atoms with van der Waals surface area (Å²) in [6.45, 7) is 0. The molecule has 2 heterocycles. The van der Waals surface area contributed by atoms with Crippen LogP contribution in [0.4, 0.5) is 11.6 Å². The Morgan fingerprint density at radius 3 is 2.56 bits per heavy atom. The third-order valence-electron chi connectivity index (χ3n) is 4.28. The number of nitro groups is 1. The molecule has 2 aromatic carbocycles. The van der Waals surface area contributed by atoms with Crippen molar-refractivity contribution in [2.24, 2.45) is 5.10 Å². The van der Waals surface area contributed by atoms with Crippen molar-refractivity contribution in [2.75, 3.05) is 12.5 Å². The van der Waals surface area contributed by atoms with Gasteiger partial charge in [-0.2, -0.15) is 5.10 Å². The molecular formula is C18H12N4O5. The molecule has 9 nitrogen and oxygen atoms in total. The number of furan rings is 1. The Bertz CT molecular complexity index is 1130. The van der Waals surface area contributed by atoms with Gasteiger partial charge in [0.15, 0.2) is 5.76 Å². The van der Waals surface area contributed by atoms with E-state index >= 15 is 0 Å². The van der Waals surface area contributed by atoms with Crippen LogP contribution in [0, 0.1) is 10.1 Å². The lowest BCUT2D eigenvalue weighted by Gasteiger charge is -2.24. The van der Waals surface area contributed by atoms with Crippen LogP contribution in [-0.2, 0) is 0 Å². The number of amides is 2. The lowest BCUT2D eigenvalue weighted by Crippen LogP contribution is -2.36. The Labute approximate surface area is 152 Å². The number of nitrogens with one attached hydrogen (secondary N) is 1. The summed E-state index contributed by atoms with van der Waals surface area (Å²) in [4.78, 5) is 35.8. The zero-order chi connectivity index (χ0) is 19.1. The van der Waals surface area contributed by atoms with Crippen LogP contribution in [0.5, 0.6) is 0 Å². The van der Waals surface area contributed by atoms with E-state index in [9.17, 15) is 19.7 Å². The van der Waals surface area contributed by atoms with Crippen molar-refractivity contribution >= 4 is 40.4 Å². The number of hydrogen-bond donors (Lipinski definition) is 1. The summed E-state index contributed by atoms with van der Waals surface area (Å²) < 4.78 is 4.99. The quantitative estimate of drug-likeness (QED) is 0.329. The summed E-state index contributed by atoms with van der Waals surface area (Å²) in [7, 11) is 1.45. The average Bonchev–Trinajstić information content (AvgIpc) is 3.14. The minimum absolute atomic E-state index is 0.212. The van der Waals surface area contributed by atoms with Crippen molar-refractivity contribution in [1.29, 1.82) is 0 Å². The Morgan fingerprint density at radius 1 is 1.11 bits per heavy atom. The van der Waals surface area contributed by atoms with Gasteiger partial charge < -0.3 is 4.42 Å². The number of nitrogens with zero attached hydrogens (tertiary/aromatic N) is 3. The third kappa shape index (κ3) is 2.61. The maximum atomic E-state index is 12.4. The van der Waals surface area contributed by atoms with Crippen molar-refractivity contribution in [3.63, 3.8) is 0 Å². The monoisotopic (exact) mass is 364 g/mol. The smallest absolute Gasteiger partial charge is 0.400 e. The molecule has 1 aliphatic heterocycles. The predicted molar refractivity (Wildman–Crippen MR) is 97.0 cm³/mol. The van der Waals surface area contributed by atoms with Crippen LogP contribution in [0.15, 0.2) is 52.0 Å². The van der Waals surface area contributed by atoms with Crippen molar-refractivity contribution < 1.29 is 18.9 Å². The first-order valence-corrected chi connectivity index (χ1v) is 7.89. The van der Waals surface area contributed by atoms with Gasteiger partial charge in [0, 0.05) is 28.9 Å². The second kappa shape index (κ2) is 6.06. The molecule has 3 aromatic rings. The molecule has 0 saturated carbocycles. The highest BCUT2D eigenvalue weighted by molar-refractivity contribution is 6.26. The summed E-state index contributed by atoms with van der Waals surface area (Å²) in [6, 6.07) is 11.2. The second-order valence-corrected chi connectivity index (χ2v) is 5.86. The third-order valence-corrected chi connectivity index (χ3v) is 4.28. The molecule has 0 aliphatic carbocycles. The number of carbonyl (C=O) groups is 2. The zero-order valence-electron chi connectivity index (χ0n) is 14.0. The molecule has 0 bridgehead atoms. The molecule has 134 valence electrons. The summed E-state index contributed by atoms with van der Waals surface area (Å²) in [5, 5.41) is 15.9. The maximum Gasteiger partial charge on any atom is 0.433 e. The van der Waals surface area contributed by atoms with E-state index in [2.05, 4.69) is 10.5 Å². The largest absolute Gasteiger partial charge is 0.433 e. The Kier molecular flexibility index (Phi) is 3.69. The van der Waals surface area contributed by atoms with E-state index in [0.717, 1.165) is 4.90 Å². The fourth-order valence-corrected chi connectivity index (χ4v) is 2.99. The summed E-state index contributed by atoms with van der Waals surface area (Å²) in [5.41, 5.74) is 4.29. The van der Waals surface area contributed by atoms with Gasteiger partial charge in [0.05, 0.1) is 18.0 Å². The molecule has 1 N–H and O–H groups in total. The zero-order valence-corrected chi connectivity index (χ0v) is 14.0. The van der Waals surface area contributed by atoms with Crippen LogP contribution >= 0.6 is 0 Å². The molecule has 9 heteroatoms. The van der Waals surface area contributed by atoms with E-state index in [1.807, 2.05) is 0 Å². The topological polar surface area (TPSA) is 118 Å². The van der Waals surface area contributed by atoms with Crippen molar-refractivity contribution in [3.8, 4) is 0 Å². The van der Waals surface area contributed by atoms with Gasteiger partial charge in [0.1, 0.15) is 4.92 Å². The molecule has 0 atom stereocenters. The molecule has 0 spiro atoms. The first kappa shape index (κ1) is 16.5. The van der Waals surface area contributed by atoms with E-state index in [-0.39, 0.29) is 23.5 Å². The second-order valence-electron chi connectivity index (χ2n) is 5.86. The van der Waals surface area contributed by atoms with Crippen molar-refractivity contribution in [1.82, 2.24) is 4.90 Å². The number of hydrazone groups is 1. The van der Waals surface area contributed by atoms with Gasteiger partial charge in [-0.15, -0.1) is 0 Å². The first-order valence-electron chi connectivity index (χ1n) is 7.89. The summed E-state index contributed by atoms with van der Waals surface area (Å²) in [6.07, 6.45) is 1.30. The number of carbonyl (C=O) groups excluding carboxylic acids is 2. The molecule has 0 radical (unpaired) electrons. The number of hydrogen-bond acceptors (Lipinski definition) is 7. The van der Waals surface area contributed by atoms with Gasteiger partial charge in [-0.25, -0.2) is 0 Å². The minimum Gasteiger partial charge on any atom is -0.400 e. The van der Waals surface area contributed by atoms with E-state index < -0.39 is 4.92 Å². The van der Waals surface area contributed by atoms with Crippen LogP contribution in [0.1, 0.15) is 26.5 Å². The van der Waals surface area contributed by atoms with E-state index in [1.165, 1.54) is 25.4 Å². The number of anilines is 1. The molecule has 27 heavy (non-hydrogen) atoms. The molecule has 1 aromatic heterocycles. The molecule has 1 aliphatic rings. The van der Waals surface area contributed by atoms with Gasteiger partial charge in [0.25, 0.3) is 11.8 Å². The molecule has 0 fully saturated rings. The highest BCUT2D eigenvalue weighted by Gasteiger charge is 2.30. The lowest BCUT2D eigenvalue weighted by molar-refractivity contribution is -0.402. The van der Waals surface area contributed by atoms with Gasteiger partial charge >= 0.3 is 5.88 Å². The lowest BCUT2D eigenvalue weighted by atomic mass is 9.93. The Hall–Kier alpha value is -4.01. The van der Waals surface area contributed by atoms with Gasteiger partial charge in [0.2, 0.25) is 0 Å². The summed E-state index contributed by atoms with van der Waals surface area (Å²) in [5.74, 6) is -0.883. The number of benzene rings is 2. The van der Waals surface area contributed by atoms with E-state index in [1.54, 1.807) is 30.3 Å². The molecule has 4 rings (SSSR count). The summed E-state index contributed by atoms with van der Waals surface area (Å²) >= 11 is 0. The normalized spacial score (nSPS) is 13.6. The molecular weight excluding hydrogens is 352 g/mol. The minimum atomic E-state index is -0.637. The van der Waals surface area contributed by atoms with Crippen LogP contribution in [-0.4, -0.2) is 34.9 Å². The Morgan fingerprint density at radius 2 is 1.85 bits per heavy atom. The molecule has 2 amide bonds. The van der Waals surface area contributed by atoms with Gasteiger partial charge in [-0.1, -0.05) is 12.1 Å². The predicted octanol–water partition coefficient (Wildman–Crippen LogP) is 3.01. The number of rotatable bonds is 4. The SMILES string of the molecule is CN1C(=O)c2cccc3c(N/N=C/c4ccc([N+](=O)[O-])o4)ccc(c23)C1=O. The number of imide groups is 1. The molecule has 0 saturated heterocycles. The fourth-order valence-electron chi connectivity index (χ4n) is 2.99. The van der Waals surface area contributed by atoms with E-state index in [4.69, 9.17) is 4.42 Å². The highest BCUT2D eigenvalue weighted by atomic mass is 16.6. The first-order chi connectivity index (χ1) is 13.0. The van der Waals surface area contributed by atoms with Crippen LogP contribution in [0.3, 0.4) is 0 Å². The fraction of sp³-hybridized carbons (Fsp3) is 0.0556. The highest BCUT2D eigenvalue weighted by Crippen LogP contribution is 2.33. The Balaban J connectivity index is 1.70. The standard InChI is InChI=1S/C18H12N4O5/c1-21-17(23)12-4-2-3-11-14(7-6-13(16(11)12)18(21)24)20-19-9-10-5-8-15(27-10)22(25)26/h2-9,20H,1H3/b19-9+. The van der Waals surface area contributed by atoms with Gasteiger partial charge in [-0.05, 0) is 24.3 Å². The van der Waals surface area contributed by atoms with Gasteiger partial charge in [-0.3, -0.25) is 30.0 Å². The van der Waals surface area contributed by atoms with Crippen molar-refractivity contribution in [2.45, 2.75) is 0 Å². The van der Waals surface area contributed by atoms with Crippen LogP contribution < -0.4 is 5.43 Å². The van der Waals surface area contributed by atoms with Crippen LogP contribution in [0.25, 0.3) is 10.8 Å². The van der Waals surface area contributed by atoms with E-state index in [0.29, 0.717) is 27.6 Å². The molecule has 0 unspecified atom stereocenters. The maximum absolute atomic E-state index is 12.4. The van der Waals surface area contributed by atoms with Crippen LogP contribution in [0.2, 0.25) is 0 Å². The average molecular weight is 364 g/mol.